The van der Waals surface area contributed by atoms with Crippen LogP contribution in [0.4, 0.5) is 5.69 Å². The lowest BCUT2D eigenvalue weighted by molar-refractivity contribution is -0.120. The number of benzene rings is 2. The van der Waals surface area contributed by atoms with Crippen LogP contribution in [-0.4, -0.2) is 28.8 Å². The summed E-state index contributed by atoms with van der Waals surface area (Å²) >= 11 is 0. The van der Waals surface area contributed by atoms with E-state index in [-0.39, 0.29) is 23.8 Å². The molecule has 7 heteroatoms. The third kappa shape index (κ3) is 3.34. The van der Waals surface area contributed by atoms with Gasteiger partial charge in [0, 0.05) is 47.7 Å². The van der Waals surface area contributed by atoms with Crippen LogP contribution in [0.25, 0.3) is 32.9 Å². The number of rotatable bonds is 4. The van der Waals surface area contributed by atoms with Crippen LogP contribution in [0.5, 0.6) is 0 Å². The number of hydrogen-bond acceptors (Lipinski definition) is 3. The first-order chi connectivity index (χ1) is 14.4. The number of likely N-dealkylation sites (N-methyl/N-ethyl adjacent to an activating group) is 1. The van der Waals surface area contributed by atoms with E-state index < -0.39 is 0 Å². The highest BCUT2D eigenvalue weighted by molar-refractivity contribution is 6.11. The van der Waals surface area contributed by atoms with Gasteiger partial charge in [-0.2, -0.15) is 0 Å². The summed E-state index contributed by atoms with van der Waals surface area (Å²) in [7, 11) is 1.58. The van der Waals surface area contributed by atoms with Crippen molar-refractivity contribution in [3.05, 3.63) is 64.1 Å². The molecule has 0 aliphatic carbocycles. The van der Waals surface area contributed by atoms with Crippen molar-refractivity contribution in [2.45, 2.75) is 20.3 Å². The predicted octanol–water partition coefficient (Wildman–Crippen LogP) is 3.23. The monoisotopic (exact) mass is 402 g/mol. The molecular weight excluding hydrogens is 380 g/mol. The molecule has 0 radical (unpaired) electrons. The summed E-state index contributed by atoms with van der Waals surface area (Å²) in [6, 6.07) is 11.6. The summed E-state index contributed by atoms with van der Waals surface area (Å²) in [4.78, 5) is 42.0. The number of amides is 2. The summed E-state index contributed by atoms with van der Waals surface area (Å²) < 4.78 is 0. The summed E-state index contributed by atoms with van der Waals surface area (Å²) in [6.45, 7) is 3.47. The molecule has 30 heavy (non-hydrogen) atoms. The van der Waals surface area contributed by atoms with Crippen molar-refractivity contribution in [2.75, 3.05) is 12.4 Å². The van der Waals surface area contributed by atoms with Crippen molar-refractivity contribution in [3.63, 3.8) is 0 Å². The molecule has 0 saturated carbocycles. The van der Waals surface area contributed by atoms with Gasteiger partial charge in [-0.25, -0.2) is 0 Å². The minimum Gasteiger partial charge on any atom is -0.359 e. The maximum Gasteiger partial charge on any atom is 0.272 e. The average molecular weight is 402 g/mol. The molecule has 152 valence electrons. The van der Waals surface area contributed by atoms with Crippen molar-refractivity contribution < 1.29 is 9.59 Å². The van der Waals surface area contributed by atoms with Crippen LogP contribution in [0.1, 0.15) is 18.1 Å². The molecule has 0 unspecified atom stereocenters. The van der Waals surface area contributed by atoms with Gasteiger partial charge in [0.2, 0.25) is 11.8 Å². The van der Waals surface area contributed by atoms with Crippen molar-refractivity contribution in [1.82, 2.24) is 15.3 Å². The summed E-state index contributed by atoms with van der Waals surface area (Å²) in [5, 5.41) is 7.10. The van der Waals surface area contributed by atoms with Gasteiger partial charge in [0.25, 0.3) is 5.56 Å². The zero-order valence-electron chi connectivity index (χ0n) is 17.0. The van der Waals surface area contributed by atoms with Crippen LogP contribution >= 0.6 is 0 Å². The first-order valence-corrected chi connectivity index (χ1v) is 9.63. The van der Waals surface area contributed by atoms with Gasteiger partial charge in [0.15, 0.2) is 0 Å². The SMILES string of the molecule is CNC(=O)Cc1c[nH]c(=O)c2[nH]c3ccc(-c4c(C)cccc4NC(C)=O)cc3c12. The quantitative estimate of drug-likeness (QED) is 0.421. The number of carbonyl (C=O) groups is 2. The van der Waals surface area contributed by atoms with Crippen LogP contribution in [0.15, 0.2) is 47.4 Å². The molecule has 7 nitrogen and oxygen atoms in total. The lowest BCUT2D eigenvalue weighted by Gasteiger charge is -2.13. The number of aromatic amines is 2. The summed E-state index contributed by atoms with van der Waals surface area (Å²) in [6.07, 6.45) is 1.75. The highest BCUT2D eigenvalue weighted by atomic mass is 16.2. The smallest absolute Gasteiger partial charge is 0.272 e. The van der Waals surface area contributed by atoms with Crippen molar-refractivity contribution >= 4 is 39.3 Å². The molecule has 2 aromatic carbocycles. The summed E-state index contributed by atoms with van der Waals surface area (Å²) in [5.41, 5.74) is 5.32. The van der Waals surface area contributed by atoms with E-state index in [0.717, 1.165) is 44.2 Å². The van der Waals surface area contributed by atoms with Crippen LogP contribution in [-0.2, 0) is 16.0 Å². The lowest BCUT2D eigenvalue weighted by atomic mass is 9.96. The number of carbonyl (C=O) groups excluding carboxylic acids is 2. The Kier molecular flexibility index (Phi) is 4.87. The van der Waals surface area contributed by atoms with Crippen molar-refractivity contribution in [1.29, 1.82) is 0 Å². The van der Waals surface area contributed by atoms with Gasteiger partial charge in [-0.3, -0.25) is 14.4 Å². The highest BCUT2D eigenvalue weighted by Gasteiger charge is 2.16. The number of fused-ring (bicyclic) bond motifs is 3. The maximum atomic E-state index is 12.4. The number of hydrogen-bond donors (Lipinski definition) is 4. The van der Waals surface area contributed by atoms with E-state index in [1.54, 1.807) is 13.2 Å². The fraction of sp³-hybridized carbons (Fsp3) is 0.174. The number of pyridine rings is 1. The van der Waals surface area contributed by atoms with E-state index in [4.69, 9.17) is 0 Å². The molecule has 0 fully saturated rings. The number of aryl methyl sites for hydroxylation is 1. The number of anilines is 1. The molecular formula is C23H22N4O3. The molecule has 4 rings (SSSR count). The molecule has 2 aromatic heterocycles. The first-order valence-electron chi connectivity index (χ1n) is 9.63. The van der Waals surface area contributed by atoms with E-state index in [9.17, 15) is 14.4 Å². The normalized spacial score (nSPS) is 11.0. The van der Waals surface area contributed by atoms with E-state index in [1.165, 1.54) is 6.92 Å². The molecule has 0 atom stereocenters. The van der Waals surface area contributed by atoms with Gasteiger partial charge in [0.05, 0.1) is 6.42 Å². The predicted molar refractivity (Wildman–Crippen MR) is 119 cm³/mol. The summed E-state index contributed by atoms with van der Waals surface area (Å²) in [5.74, 6) is -0.282. The van der Waals surface area contributed by atoms with E-state index in [2.05, 4.69) is 20.6 Å². The molecule has 0 saturated heterocycles. The topological polar surface area (TPSA) is 107 Å². The van der Waals surface area contributed by atoms with Crippen LogP contribution in [0, 0.1) is 6.92 Å². The Balaban J connectivity index is 1.99. The zero-order valence-corrected chi connectivity index (χ0v) is 17.0. The van der Waals surface area contributed by atoms with E-state index in [1.807, 2.05) is 43.3 Å². The fourth-order valence-electron chi connectivity index (χ4n) is 3.89. The van der Waals surface area contributed by atoms with Crippen molar-refractivity contribution in [3.8, 4) is 11.1 Å². The molecule has 4 N–H and O–H groups in total. The van der Waals surface area contributed by atoms with Crippen LogP contribution < -0.4 is 16.2 Å². The van der Waals surface area contributed by atoms with Crippen LogP contribution in [0.3, 0.4) is 0 Å². The van der Waals surface area contributed by atoms with Gasteiger partial charge in [-0.15, -0.1) is 0 Å². The second kappa shape index (κ2) is 7.51. The van der Waals surface area contributed by atoms with Gasteiger partial charge in [-0.1, -0.05) is 18.2 Å². The first kappa shape index (κ1) is 19.4. The maximum absolute atomic E-state index is 12.4. The molecule has 0 spiro atoms. The molecule has 0 aliphatic rings. The van der Waals surface area contributed by atoms with Gasteiger partial charge in [-0.05, 0) is 41.8 Å². The molecule has 0 aliphatic heterocycles. The average Bonchev–Trinajstić information content (AvgIpc) is 3.09. The second-order valence-corrected chi connectivity index (χ2v) is 7.31. The largest absolute Gasteiger partial charge is 0.359 e. The Morgan fingerprint density at radius 2 is 1.93 bits per heavy atom. The van der Waals surface area contributed by atoms with Gasteiger partial charge >= 0.3 is 0 Å². The third-order valence-corrected chi connectivity index (χ3v) is 5.23. The Labute approximate surface area is 172 Å². The van der Waals surface area contributed by atoms with Crippen molar-refractivity contribution in [2.24, 2.45) is 0 Å². The lowest BCUT2D eigenvalue weighted by Crippen LogP contribution is -2.20. The Morgan fingerprint density at radius 1 is 1.13 bits per heavy atom. The Bertz CT molecular complexity index is 1360. The highest BCUT2D eigenvalue weighted by Crippen LogP contribution is 2.35. The van der Waals surface area contributed by atoms with E-state index >= 15 is 0 Å². The standard InChI is InChI=1S/C23H22N4O3/c1-12-5-4-6-18(26-13(2)28)20(12)14-7-8-17-16(9-14)21-15(10-19(29)24-3)11-25-23(30)22(21)27-17/h4-9,11,27H,10H2,1-3H3,(H,24,29)(H,25,30)(H,26,28). The Hall–Kier alpha value is -3.87. The Morgan fingerprint density at radius 3 is 2.67 bits per heavy atom. The number of aromatic nitrogens is 2. The molecule has 0 bridgehead atoms. The van der Waals surface area contributed by atoms with Gasteiger partial charge in [0.1, 0.15) is 5.52 Å². The minimum atomic E-state index is -0.238. The third-order valence-electron chi connectivity index (χ3n) is 5.23. The fourth-order valence-corrected chi connectivity index (χ4v) is 3.89. The number of nitrogens with one attached hydrogen (secondary N) is 4. The molecule has 2 heterocycles. The van der Waals surface area contributed by atoms with Gasteiger partial charge < -0.3 is 20.6 Å². The zero-order chi connectivity index (χ0) is 21.4. The van der Waals surface area contributed by atoms with E-state index in [0.29, 0.717) is 5.52 Å². The minimum absolute atomic E-state index is 0.138. The molecule has 4 aromatic rings. The molecule has 2 amide bonds. The second-order valence-electron chi connectivity index (χ2n) is 7.31. The van der Waals surface area contributed by atoms with Crippen LogP contribution in [0.2, 0.25) is 0 Å². The number of H-pyrrole nitrogens is 2.